The second kappa shape index (κ2) is 3.22. The van der Waals surface area contributed by atoms with Crippen LogP contribution in [0.25, 0.3) is 10.8 Å². The lowest BCUT2D eigenvalue weighted by molar-refractivity contribution is 0.447. The molecule has 0 saturated heterocycles. The van der Waals surface area contributed by atoms with Crippen molar-refractivity contribution in [1.29, 1.82) is 0 Å². The van der Waals surface area contributed by atoms with E-state index >= 15 is 0 Å². The molecule has 2 rings (SSSR count). The van der Waals surface area contributed by atoms with Crippen molar-refractivity contribution >= 4 is 11.3 Å². The van der Waals surface area contributed by atoms with Gasteiger partial charge in [-0.25, -0.2) is 4.98 Å². The highest BCUT2D eigenvalue weighted by atomic mass is 32.1. The summed E-state index contributed by atoms with van der Waals surface area (Å²) in [4.78, 5) is 21.6. The molecule has 0 aliphatic rings. The number of rotatable bonds is 1. The SMILES string of the molecule is Cc1c(O)nc(-c2nccs2)[nH]c1=O. The highest BCUT2D eigenvalue weighted by Crippen LogP contribution is 2.18. The third-order valence-electron chi connectivity index (χ3n) is 1.76. The van der Waals surface area contributed by atoms with Gasteiger partial charge in [0.1, 0.15) is 0 Å². The first-order chi connectivity index (χ1) is 6.68. The average molecular weight is 209 g/mol. The van der Waals surface area contributed by atoms with Crippen LogP contribution >= 0.6 is 11.3 Å². The predicted molar refractivity (Wildman–Crippen MR) is 52.4 cm³/mol. The van der Waals surface area contributed by atoms with Gasteiger partial charge in [0.15, 0.2) is 10.8 Å². The van der Waals surface area contributed by atoms with Gasteiger partial charge in [-0.1, -0.05) is 0 Å². The van der Waals surface area contributed by atoms with Crippen molar-refractivity contribution in [3.05, 3.63) is 27.5 Å². The molecule has 2 heterocycles. The van der Waals surface area contributed by atoms with Gasteiger partial charge >= 0.3 is 0 Å². The number of aromatic hydroxyl groups is 1. The van der Waals surface area contributed by atoms with Gasteiger partial charge in [-0.3, -0.25) is 4.79 Å². The fraction of sp³-hybridized carbons (Fsp3) is 0.125. The van der Waals surface area contributed by atoms with Crippen molar-refractivity contribution < 1.29 is 5.11 Å². The van der Waals surface area contributed by atoms with Crippen LogP contribution in [-0.4, -0.2) is 20.1 Å². The number of thiazole rings is 1. The Hall–Kier alpha value is -1.69. The number of hydrogen-bond acceptors (Lipinski definition) is 5. The second-order valence-corrected chi connectivity index (χ2v) is 3.59. The van der Waals surface area contributed by atoms with Gasteiger partial charge in [0.25, 0.3) is 5.56 Å². The number of H-pyrrole nitrogens is 1. The molecule has 72 valence electrons. The lowest BCUT2D eigenvalue weighted by Crippen LogP contribution is -2.11. The third kappa shape index (κ3) is 1.39. The van der Waals surface area contributed by atoms with Gasteiger partial charge in [-0.05, 0) is 6.92 Å². The van der Waals surface area contributed by atoms with Crippen molar-refractivity contribution in [2.75, 3.05) is 0 Å². The Kier molecular flexibility index (Phi) is 2.05. The summed E-state index contributed by atoms with van der Waals surface area (Å²) in [5, 5.41) is 11.7. The molecule has 0 unspecified atom stereocenters. The lowest BCUT2D eigenvalue weighted by atomic mass is 10.3. The molecular weight excluding hydrogens is 202 g/mol. The molecule has 0 atom stereocenters. The van der Waals surface area contributed by atoms with Crippen LogP contribution in [0.4, 0.5) is 0 Å². The Morgan fingerprint density at radius 2 is 2.36 bits per heavy atom. The summed E-state index contributed by atoms with van der Waals surface area (Å²) in [7, 11) is 0. The van der Waals surface area contributed by atoms with Gasteiger partial charge in [0.2, 0.25) is 5.88 Å². The van der Waals surface area contributed by atoms with Gasteiger partial charge in [0.05, 0.1) is 5.56 Å². The highest BCUT2D eigenvalue weighted by molar-refractivity contribution is 7.12. The smallest absolute Gasteiger partial charge is 0.257 e. The Morgan fingerprint density at radius 1 is 1.57 bits per heavy atom. The van der Waals surface area contributed by atoms with Crippen LogP contribution in [0.15, 0.2) is 16.4 Å². The van der Waals surface area contributed by atoms with Crippen LogP contribution in [-0.2, 0) is 0 Å². The molecule has 0 fully saturated rings. The lowest BCUT2D eigenvalue weighted by Gasteiger charge is -1.98. The zero-order chi connectivity index (χ0) is 10.1. The molecule has 0 saturated carbocycles. The topological polar surface area (TPSA) is 78.9 Å². The van der Waals surface area contributed by atoms with Crippen molar-refractivity contribution in [3.8, 4) is 16.7 Å². The highest BCUT2D eigenvalue weighted by Gasteiger charge is 2.08. The first kappa shape index (κ1) is 8.89. The maximum Gasteiger partial charge on any atom is 0.257 e. The number of aromatic amines is 1. The Balaban J connectivity index is 2.63. The average Bonchev–Trinajstić information content (AvgIpc) is 2.66. The Bertz CT molecular complexity index is 504. The largest absolute Gasteiger partial charge is 0.493 e. The molecule has 0 aliphatic carbocycles. The van der Waals surface area contributed by atoms with Crippen molar-refractivity contribution in [3.63, 3.8) is 0 Å². The summed E-state index contributed by atoms with van der Waals surface area (Å²) in [6.45, 7) is 1.51. The molecule has 0 aromatic carbocycles. The first-order valence-electron chi connectivity index (χ1n) is 3.88. The third-order valence-corrected chi connectivity index (χ3v) is 2.54. The normalized spacial score (nSPS) is 10.4. The van der Waals surface area contributed by atoms with Crippen LogP contribution in [0.3, 0.4) is 0 Å². The van der Waals surface area contributed by atoms with Crippen LogP contribution < -0.4 is 5.56 Å². The monoisotopic (exact) mass is 209 g/mol. The minimum absolute atomic E-state index is 0.213. The van der Waals surface area contributed by atoms with E-state index in [4.69, 9.17) is 0 Å². The Labute approximate surface area is 83.1 Å². The molecular formula is C8H7N3O2S. The van der Waals surface area contributed by atoms with E-state index in [9.17, 15) is 9.90 Å². The van der Waals surface area contributed by atoms with Crippen molar-refractivity contribution in [1.82, 2.24) is 15.0 Å². The second-order valence-electron chi connectivity index (χ2n) is 2.70. The summed E-state index contributed by atoms with van der Waals surface area (Å²) >= 11 is 1.34. The van der Waals surface area contributed by atoms with E-state index in [0.29, 0.717) is 10.8 Å². The zero-order valence-electron chi connectivity index (χ0n) is 7.31. The van der Waals surface area contributed by atoms with Crippen LogP contribution in [0, 0.1) is 6.92 Å². The minimum Gasteiger partial charge on any atom is -0.493 e. The van der Waals surface area contributed by atoms with E-state index in [2.05, 4.69) is 15.0 Å². The fourth-order valence-electron chi connectivity index (χ4n) is 0.962. The Morgan fingerprint density at radius 3 is 2.93 bits per heavy atom. The van der Waals surface area contributed by atoms with Crippen LogP contribution in [0.5, 0.6) is 5.88 Å². The van der Waals surface area contributed by atoms with Gasteiger partial charge in [-0.15, -0.1) is 11.3 Å². The van der Waals surface area contributed by atoms with E-state index in [1.54, 1.807) is 11.6 Å². The molecule has 14 heavy (non-hydrogen) atoms. The summed E-state index contributed by atoms with van der Waals surface area (Å²) in [5.74, 6) is 0.0482. The van der Waals surface area contributed by atoms with E-state index in [1.807, 2.05) is 0 Å². The van der Waals surface area contributed by atoms with E-state index in [-0.39, 0.29) is 17.0 Å². The number of nitrogens with one attached hydrogen (secondary N) is 1. The molecule has 0 amide bonds. The van der Waals surface area contributed by atoms with Crippen molar-refractivity contribution in [2.24, 2.45) is 0 Å². The standard InChI is InChI=1S/C8H7N3O2S/c1-4-6(12)10-5(11-7(4)13)8-9-2-3-14-8/h2-3H,1H3,(H2,10,11,12,13). The van der Waals surface area contributed by atoms with E-state index < -0.39 is 0 Å². The van der Waals surface area contributed by atoms with Crippen LogP contribution in [0.1, 0.15) is 5.56 Å². The maximum atomic E-state index is 11.3. The zero-order valence-corrected chi connectivity index (χ0v) is 8.13. The van der Waals surface area contributed by atoms with Gasteiger partial charge in [0, 0.05) is 11.6 Å². The fourth-order valence-corrected chi connectivity index (χ4v) is 1.54. The minimum atomic E-state index is -0.345. The quantitative estimate of drug-likeness (QED) is 0.731. The molecule has 0 aliphatic heterocycles. The molecule has 6 heteroatoms. The maximum absolute atomic E-state index is 11.3. The summed E-state index contributed by atoms with van der Waals surface area (Å²) in [6, 6.07) is 0. The number of nitrogens with zero attached hydrogens (tertiary/aromatic N) is 2. The van der Waals surface area contributed by atoms with Crippen LogP contribution in [0.2, 0.25) is 0 Å². The molecule has 0 radical (unpaired) electrons. The molecule has 0 spiro atoms. The molecule has 2 N–H and O–H groups in total. The van der Waals surface area contributed by atoms with E-state index in [0.717, 1.165) is 0 Å². The van der Waals surface area contributed by atoms with E-state index in [1.165, 1.54) is 18.3 Å². The van der Waals surface area contributed by atoms with Gasteiger partial charge in [-0.2, -0.15) is 4.98 Å². The summed E-state index contributed by atoms with van der Waals surface area (Å²) in [6.07, 6.45) is 1.61. The predicted octanol–water partition coefficient (Wildman–Crippen LogP) is 0.907. The summed E-state index contributed by atoms with van der Waals surface area (Å²) in [5.41, 5.74) is -0.131. The molecule has 0 bridgehead atoms. The summed E-state index contributed by atoms with van der Waals surface area (Å²) < 4.78 is 0. The van der Waals surface area contributed by atoms with Gasteiger partial charge < -0.3 is 10.1 Å². The van der Waals surface area contributed by atoms with Crippen molar-refractivity contribution in [2.45, 2.75) is 6.92 Å². The number of hydrogen-bond donors (Lipinski definition) is 2. The molecule has 5 nitrogen and oxygen atoms in total. The molecule has 2 aromatic rings. The number of aromatic nitrogens is 3. The first-order valence-corrected chi connectivity index (χ1v) is 4.76. The molecule has 2 aromatic heterocycles.